The van der Waals surface area contributed by atoms with Crippen LogP contribution in [0.4, 0.5) is 0 Å². The van der Waals surface area contributed by atoms with Crippen LogP contribution in [0.1, 0.15) is 29.2 Å². The van der Waals surface area contributed by atoms with Crippen LogP contribution in [0, 0.1) is 6.92 Å². The Morgan fingerprint density at radius 2 is 2.04 bits per heavy atom. The predicted octanol–water partition coefficient (Wildman–Crippen LogP) is 3.52. The minimum Gasteiger partial charge on any atom is -0.508 e. The molecule has 0 amide bonds. The number of nitrogens with zero attached hydrogens (tertiary/aromatic N) is 1. The smallest absolute Gasteiger partial charge is 0.244 e. The maximum absolute atomic E-state index is 13.1. The normalized spacial score (nSPS) is 17.9. The van der Waals surface area contributed by atoms with Crippen LogP contribution in [-0.4, -0.2) is 17.8 Å². The Labute approximate surface area is 136 Å². The molecule has 0 spiro atoms. The van der Waals surface area contributed by atoms with Gasteiger partial charge in [0.25, 0.3) is 0 Å². The summed E-state index contributed by atoms with van der Waals surface area (Å²) in [4.78, 5) is 0.122. The largest absolute Gasteiger partial charge is 0.508 e. The van der Waals surface area contributed by atoms with Gasteiger partial charge in [0.1, 0.15) is 5.75 Å². The predicted molar refractivity (Wildman–Crippen MR) is 89.6 cm³/mol. The second-order valence-corrected chi connectivity index (χ2v) is 7.68. The lowest BCUT2D eigenvalue weighted by Crippen LogP contribution is -2.29. The Morgan fingerprint density at radius 1 is 1.30 bits per heavy atom. The maximum atomic E-state index is 13.1. The van der Waals surface area contributed by atoms with Gasteiger partial charge in [-0.3, -0.25) is 0 Å². The fourth-order valence-corrected chi connectivity index (χ4v) is 4.82. The van der Waals surface area contributed by atoms with Gasteiger partial charge in [-0.1, -0.05) is 30.3 Å². The summed E-state index contributed by atoms with van der Waals surface area (Å²) in [5.74, 6) is -0.0412. The summed E-state index contributed by atoms with van der Waals surface area (Å²) in [6.45, 7) is 5.85. The molecule has 4 nitrogen and oxygen atoms in total. The average Bonchev–Trinajstić information content (AvgIpc) is 2.86. The van der Waals surface area contributed by atoms with Crippen molar-refractivity contribution in [1.29, 1.82) is 0 Å². The van der Waals surface area contributed by atoms with Crippen molar-refractivity contribution in [3.05, 3.63) is 71.8 Å². The van der Waals surface area contributed by atoms with Gasteiger partial charge in [0.15, 0.2) is 0 Å². The van der Waals surface area contributed by atoms with Gasteiger partial charge in [0, 0.05) is 6.54 Å². The summed E-state index contributed by atoms with van der Waals surface area (Å²) in [5.41, 5.74) is 2.74. The summed E-state index contributed by atoms with van der Waals surface area (Å²) >= 11 is 0. The van der Waals surface area contributed by atoms with E-state index in [9.17, 15) is 13.5 Å². The number of sulfonamides is 1. The molecule has 0 bridgehead atoms. The van der Waals surface area contributed by atoms with E-state index in [1.165, 1.54) is 10.4 Å². The molecule has 0 aromatic heterocycles. The summed E-state index contributed by atoms with van der Waals surface area (Å²) in [6, 6.07) is 11.9. The number of hydrogen-bond donors (Lipinski definition) is 1. The number of aryl methyl sites for hydroxylation is 1. The molecule has 1 atom stereocenters. The molecule has 1 N–H and O–H groups in total. The van der Waals surface area contributed by atoms with Gasteiger partial charge in [-0.05, 0) is 48.2 Å². The molecule has 0 aliphatic carbocycles. The van der Waals surface area contributed by atoms with Crippen LogP contribution in [0.3, 0.4) is 0 Å². The molecule has 5 heteroatoms. The second kappa shape index (κ2) is 5.83. The second-order valence-electron chi connectivity index (χ2n) is 5.79. The van der Waals surface area contributed by atoms with Crippen molar-refractivity contribution in [2.45, 2.75) is 30.8 Å². The van der Waals surface area contributed by atoms with Crippen LogP contribution in [-0.2, 0) is 16.6 Å². The molecule has 120 valence electrons. The van der Waals surface area contributed by atoms with Gasteiger partial charge >= 0.3 is 0 Å². The number of phenolic OH excluding ortho intramolecular Hbond substituents is 1. The summed E-state index contributed by atoms with van der Waals surface area (Å²) < 4.78 is 27.6. The third-order valence-corrected chi connectivity index (χ3v) is 5.95. The van der Waals surface area contributed by atoms with E-state index >= 15 is 0 Å². The highest BCUT2D eigenvalue weighted by molar-refractivity contribution is 7.89. The standard InChI is InChI=1S/C18H19NO3S/c1-3-6-18-17-8-5-4-7-14(17)12-19(18)23(21,22)16-10-13(2)9-15(20)11-16/h3-5,7-11,18,20H,1,6,12H2,2H3. The van der Waals surface area contributed by atoms with E-state index in [0.717, 1.165) is 11.1 Å². The van der Waals surface area contributed by atoms with Crippen molar-refractivity contribution < 1.29 is 13.5 Å². The zero-order chi connectivity index (χ0) is 16.6. The number of benzene rings is 2. The molecule has 1 heterocycles. The van der Waals surface area contributed by atoms with E-state index in [1.807, 2.05) is 24.3 Å². The molecular weight excluding hydrogens is 310 g/mol. The third kappa shape index (κ3) is 2.78. The van der Waals surface area contributed by atoms with Crippen LogP contribution in [0.15, 0.2) is 60.0 Å². The Bertz CT molecular complexity index is 838. The number of hydrogen-bond acceptors (Lipinski definition) is 3. The topological polar surface area (TPSA) is 57.6 Å². The quantitative estimate of drug-likeness (QED) is 0.873. The first-order valence-electron chi connectivity index (χ1n) is 7.44. The van der Waals surface area contributed by atoms with Crippen molar-refractivity contribution in [2.75, 3.05) is 0 Å². The fourth-order valence-electron chi connectivity index (χ4n) is 3.10. The zero-order valence-corrected chi connectivity index (χ0v) is 13.8. The Kier molecular flexibility index (Phi) is 4.00. The first-order chi connectivity index (χ1) is 10.9. The molecule has 1 aliphatic rings. The Balaban J connectivity index is 2.08. The van der Waals surface area contributed by atoms with E-state index in [-0.39, 0.29) is 16.7 Å². The summed E-state index contributed by atoms with van der Waals surface area (Å²) in [6.07, 6.45) is 2.29. The highest BCUT2D eigenvalue weighted by Crippen LogP contribution is 2.40. The highest BCUT2D eigenvalue weighted by Gasteiger charge is 2.38. The molecule has 0 radical (unpaired) electrons. The molecule has 1 aliphatic heterocycles. The van der Waals surface area contributed by atoms with Gasteiger partial charge in [0.2, 0.25) is 10.0 Å². The van der Waals surface area contributed by atoms with Gasteiger partial charge < -0.3 is 5.11 Å². The van der Waals surface area contributed by atoms with Crippen molar-refractivity contribution in [3.63, 3.8) is 0 Å². The summed E-state index contributed by atoms with van der Waals surface area (Å²) in [7, 11) is -3.70. The van der Waals surface area contributed by atoms with E-state index < -0.39 is 10.0 Å². The van der Waals surface area contributed by atoms with Crippen LogP contribution in [0.25, 0.3) is 0 Å². The molecule has 0 saturated carbocycles. The van der Waals surface area contributed by atoms with Crippen LogP contribution in [0.5, 0.6) is 5.75 Å². The van der Waals surface area contributed by atoms with Gasteiger partial charge in [-0.15, -0.1) is 6.58 Å². The minimum absolute atomic E-state index is 0.0412. The van der Waals surface area contributed by atoms with Gasteiger partial charge in [-0.25, -0.2) is 8.42 Å². The first-order valence-corrected chi connectivity index (χ1v) is 8.88. The monoisotopic (exact) mass is 329 g/mol. The van der Waals surface area contributed by atoms with Gasteiger partial charge in [0.05, 0.1) is 10.9 Å². The molecule has 0 fully saturated rings. The highest BCUT2D eigenvalue weighted by atomic mass is 32.2. The van der Waals surface area contributed by atoms with Crippen molar-refractivity contribution >= 4 is 10.0 Å². The number of aromatic hydroxyl groups is 1. The van der Waals surface area contributed by atoms with Crippen molar-refractivity contribution in [3.8, 4) is 5.75 Å². The van der Waals surface area contributed by atoms with Crippen LogP contribution < -0.4 is 0 Å². The molecule has 23 heavy (non-hydrogen) atoms. The Morgan fingerprint density at radius 3 is 2.74 bits per heavy atom. The van der Waals surface area contributed by atoms with E-state index in [1.54, 1.807) is 25.1 Å². The number of rotatable bonds is 4. The SMILES string of the molecule is C=CCC1c2ccccc2CN1S(=O)(=O)c1cc(C)cc(O)c1. The Hall–Kier alpha value is -2.11. The molecule has 2 aromatic rings. The maximum Gasteiger partial charge on any atom is 0.244 e. The molecule has 3 rings (SSSR count). The fraction of sp³-hybridized carbons (Fsp3) is 0.222. The van der Waals surface area contributed by atoms with E-state index in [0.29, 0.717) is 18.5 Å². The van der Waals surface area contributed by atoms with Crippen LogP contribution >= 0.6 is 0 Å². The van der Waals surface area contributed by atoms with Gasteiger partial charge in [-0.2, -0.15) is 4.31 Å². The van der Waals surface area contributed by atoms with E-state index in [4.69, 9.17) is 0 Å². The molecular formula is C18H19NO3S. The lowest BCUT2D eigenvalue weighted by atomic mass is 10.0. The number of phenols is 1. The molecule has 2 aromatic carbocycles. The first kappa shape index (κ1) is 15.8. The lowest BCUT2D eigenvalue weighted by Gasteiger charge is -2.24. The average molecular weight is 329 g/mol. The summed E-state index contributed by atoms with van der Waals surface area (Å²) in [5, 5.41) is 9.74. The van der Waals surface area contributed by atoms with Crippen LogP contribution in [0.2, 0.25) is 0 Å². The van der Waals surface area contributed by atoms with Crippen molar-refractivity contribution in [1.82, 2.24) is 4.31 Å². The third-order valence-electron chi connectivity index (χ3n) is 4.12. The minimum atomic E-state index is -3.70. The van der Waals surface area contributed by atoms with E-state index in [2.05, 4.69) is 6.58 Å². The van der Waals surface area contributed by atoms with Crippen molar-refractivity contribution in [2.24, 2.45) is 0 Å². The number of fused-ring (bicyclic) bond motifs is 1. The molecule has 1 unspecified atom stereocenters. The lowest BCUT2D eigenvalue weighted by molar-refractivity contribution is 0.352. The molecule has 0 saturated heterocycles. The zero-order valence-electron chi connectivity index (χ0n) is 12.9.